The number of nitrogens with zero attached hydrogens (tertiary/aromatic N) is 1. The van der Waals surface area contributed by atoms with E-state index in [1.165, 1.54) is 6.07 Å². The Morgan fingerprint density at radius 1 is 1.21 bits per heavy atom. The molecular formula is C15H19NO8. The summed E-state index contributed by atoms with van der Waals surface area (Å²) in [4.78, 5) is 33.4. The van der Waals surface area contributed by atoms with Crippen LogP contribution in [0.25, 0.3) is 0 Å². The molecule has 0 radical (unpaired) electrons. The first-order chi connectivity index (χ1) is 11.3. The van der Waals surface area contributed by atoms with Gasteiger partial charge in [-0.1, -0.05) is 0 Å². The maximum absolute atomic E-state index is 11.6. The molecule has 0 bridgehead atoms. The van der Waals surface area contributed by atoms with E-state index in [1.807, 2.05) is 0 Å². The minimum atomic E-state index is -1.69. The van der Waals surface area contributed by atoms with Crippen molar-refractivity contribution in [1.29, 1.82) is 0 Å². The Labute approximate surface area is 138 Å². The smallest absolute Gasteiger partial charge is 0.338 e. The molecule has 0 aliphatic carbocycles. The van der Waals surface area contributed by atoms with Crippen molar-refractivity contribution in [3.63, 3.8) is 0 Å². The molecule has 2 atom stereocenters. The first kappa shape index (κ1) is 19.5. The van der Waals surface area contributed by atoms with E-state index in [2.05, 4.69) is 4.74 Å². The van der Waals surface area contributed by atoms with E-state index in [0.29, 0.717) is 0 Å². The van der Waals surface area contributed by atoms with Crippen molar-refractivity contribution in [3.05, 3.63) is 39.4 Å². The van der Waals surface area contributed by atoms with Crippen LogP contribution in [-0.2, 0) is 14.3 Å². The van der Waals surface area contributed by atoms with Gasteiger partial charge in [-0.05, 0) is 26.0 Å². The minimum Gasteiger partial charge on any atom is -0.466 e. The number of carbonyl (C=O) groups excluding carboxylic acids is 2. The Balaban J connectivity index is 3.07. The molecule has 0 fully saturated rings. The highest BCUT2D eigenvalue weighted by molar-refractivity contribution is 5.90. The van der Waals surface area contributed by atoms with Crippen LogP contribution in [0.1, 0.15) is 42.3 Å². The number of benzene rings is 1. The van der Waals surface area contributed by atoms with Gasteiger partial charge in [0, 0.05) is 6.07 Å². The van der Waals surface area contributed by atoms with Gasteiger partial charge >= 0.3 is 11.9 Å². The molecule has 0 aliphatic heterocycles. The molecule has 1 aromatic carbocycles. The van der Waals surface area contributed by atoms with Crippen molar-refractivity contribution >= 4 is 17.6 Å². The van der Waals surface area contributed by atoms with Crippen LogP contribution in [-0.4, -0.2) is 46.4 Å². The lowest BCUT2D eigenvalue weighted by Crippen LogP contribution is -2.24. The SMILES string of the molecule is CCOC(=O)CC(O)C(O)c1ccc(C(=O)OCC)cc1[N+](=O)[O-]. The molecule has 0 aliphatic rings. The van der Waals surface area contributed by atoms with E-state index in [0.717, 1.165) is 12.1 Å². The summed E-state index contributed by atoms with van der Waals surface area (Å²) in [6.07, 6.45) is -3.80. The second kappa shape index (κ2) is 8.94. The predicted octanol–water partition coefficient (Wildman–Crippen LogP) is 1.12. The Morgan fingerprint density at radius 3 is 2.38 bits per heavy atom. The lowest BCUT2D eigenvalue weighted by Gasteiger charge is -2.17. The lowest BCUT2D eigenvalue weighted by atomic mass is 9.98. The first-order valence-electron chi connectivity index (χ1n) is 7.29. The maximum atomic E-state index is 11.6. The number of aliphatic hydroxyl groups is 2. The summed E-state index contributed by atoms with van der Waals surface area (Å²) >= 11 is 0. The van der Waals surface area contributed by atoms with Crippen LogP contribution >= 0.6 is 0 Å². The van der Waals surface area contributed by atoms with Crippen molar-refractivity contribution in [2.75, 3.05) is 13.2 Å². The minimum absolute atomic E-state index is 0.0561. The molecule has 0 aromatic heterocycles. The molecule has 24 heavy (non-hydrogen) atoms. The van der Waals surface area contributed by atoms with E-state index < -0.39 is 41.2 Å². The maximum Gasteiger partial charge on any atom is 0.338 e. The fourth-order valence-electron chi connectivity index (χ4n) is 2.00. The zero-order valence-electron chi connectivity index (χ0n) is 13.3. The van der Waals surface area contributed by atoms with E-state index in [4.69, 9.17) is 4.74 Å². The van der Waals surface area contributed by atoms with E-state index in [-0.39, 0.29) is 24.3 Å². The van der Waals surface area contributed by atoms with E-state index in [9.17, 15) is 29.9 Å². The molecule has 2 N–H and O–H groups in total. The van der Waals surface area contributed by atoms with Crippen LogP contribution in [0.4, 0.5) is 5.69 Å². The summed E-state index contributed by atoms with van der Waals surface area (Å²) in [6.45, 7) is 3.39. The second-order valence-electron chi connectivity index (χ2n) is 4.77. The van der Waals surface area contributed by atoms with Crippen LogP contribution < -0.4 is 0 Å². The quantitative estimate of drug-likeness (QED) is 0.408. The van der Waals surface area contributed by atoms with Gasteiger partial charge in [-0.15, -0.1) is 0 Å². The zero-order chi connectivity index (χ0) is 18.3. The number of nitro benzene ring substituents is 1. The van der Waals surface area contributed by atoms with Crippen LogP contribution in [0.5, 0.6) is 0 Å². The fraction of sp³-hybridized carbons (Fsp3) is 0.467. The summed E-state index contributed by atoms with van der Waals surface area (Å²) in [5.41, 5.74) is -0.833. The Morgan fingerprint density at radius 2 is 1.83 bits per heavy atom. The highest BCUT2D eigenvalue weighted by Gasteiger charge is 2.29. The van der Waals surface area contributed by atoms with Gasteiger partial charge in [0.2, 0.25) is 0 Å². The van der Waals surface area contributed by atoms with Crippen LogP contribution in [0.2, 0.25) is 0 Å². The fourth-order valence-corrected chi connectivity index (χ4v) is 2.00. The summed E-state index contributed by atoms with van der Waals surface area (Å²) in [5.74, 6) is -1.48. The zero-order valence-corrected chi connectivity index (χ0v) is 13.3. The van der Waals surface area contributed by atoms with Gasteiger partial charge in [0.15, 0.2) is 0 Å². The average molecular weight is 341 g/mol. The third-order valence-corrected chi connectivity index (χ3v) is 3.10. The highest BCUT2D eigenvalue weighted by atomic mass is 16.6. The lowest BCUT2D eigenvalue weighted by molar-refractivity contribution is -0.386. The Kier molecular flexibility index (Phi) is 7.28. The number of carbonyl (C=O) groups is 2. The molecule has 0 heterocycles. The number of esters is 2. The molecule has 0 saturated heterocycles. The van der Waals surface area contributed by atoms with Gasteiger partial charge in [0.05, 0.1) is 41.8 Å². The van der Waals surface area contributed by atoms with Gasteiger partial charge in [-0.3, -0.25) is 14.9 Å². The Hall–Kier alpha value is -2.52. The van der Waals surface area contributed by atoms with Crippen molar-refractivity contribution in [3.8, 4) is 0 Å². The number of nitro groups is 1. The molecule has 0 amide bonds. The molecular weight excluding hydrogens is 322 g/mol. The molecule has 0 saturated carbocycles. The van der Waals surface area contributed by atoms with Gasteiger partial charge in [-0.2, -0.15) is 0 Å². The number of hydrogen-bond acceptors (Lipinski definition) is 8. The third-order valence-electron chi connectivity index (χ3n) is 3.10. The van der Waals surface area contributed by atoms with Gasteiger partial charge in [0.25, 0.3) is 5.69 Å². The molecule has 0 spiro atoms. The molecule has 9 nitrogen and oxygen atoms in total. The van der Waals surface area contributed by atoms with Crippen molar-refractivity contribution in [1.82, 2.24) is 0 Å². The van der Waals surface area contributed by atoms with Gasteiger partial charge in [-0.25, -0.2) is 4.79 Å². The van der Waals surface area contributed by atoms with Crippen LogP contribution in [0.15, 0.2) is 18.2 Å². The van der Waals surface area contributed by atoms with Crippen molar-refractivity contribution < 1.29 is 34.2 Å². The second-order valence-corrected chi connectivity index (χ2v) is 4.77. The number of ether oxygens (including phenoxy) is 2. The predicted molar refractivity (Wildman–Crippen MR) is 81.3 cm³/mol. The van der Waals surface area contributed by atoms with Crippen LogP contribution in [0, 0.1) is 10.1 Å². The molecule has 2 unspecified atom stereocenters. The van der Waals surface area contributed by atoms with Crippen LogP contribution in [0.3, 0.4) is 0 Å². The van der Waals surface area contributed by atoms with E-state index in [1.54, 1.807) is 13.8 Å². The standard InChI is InChI=1S/C15H19NO8/c1-3-23-13(18)8-12(17)14(19)10-6-5-9(15(20)24-4-2)7-11(10)16(21)22/h5-7,12,14,17,19H,3-4,8H2,1-2H3. The van der Waals surface area contributed by atoms with Gasteiger partial charge in [0.1, 0.15) is 6.10 Å². The molecule has 132 valence electrons. The number of aliphatic hydroxyl groups excluding tert-OH is 2. The summed E-state index contributed by atoms with van der Waals surface area (Å²) in [5, 5.41) is 31.1. The Bertz CT molecular complexity index is 615. The molecule has 1 rings (SSSR count). The molecule has 9 heteroatoms. The number of rotatable bonds is 8. The monoisotopic (exact) mass is 341 g/mol. The summed E-state index contributed by atoms with van der Waals surface area (Å²) < 4.78 is 9.40. The number of hydrogen-bond donors (Lipinski definition) is 2. The van der Waals surface area contributed by atoms with Crippen molar-refractivity contribution in [2.24, 2.45) is 0 Å². The average Bonchev–Trinajstić information content (AvgIpc) is 2.53. The highest BCUT2D eigenvalue weighted by Crippen LogP contribution is 2.29. The largest absolute Gasteiger partial charge is 0.466 e. The topological polar surface area (TPSA) is 136 Å². The van der Waals surface area contributed by atoms with Crippen molar-refractivity contribution in [2.45, 2.75) is 32.5 Å². The normalized spacial score (nSPS) is 13.0. The summed E-state index contributed by atoms with van der Waals surface area (Å²) in [6, 6.07) is 3.33. The van der Waals surface area contributed by atoms with E-state index >= 15 is 0 Å². The third kappa shape index (κ3) is 5.00. The van der Waals surface area contributed by atoms with Gasteiger partial charge < -0.3 is 19.7 Å². The first-order valence-corrected chi connectivity index (χ1v) is 7.29. The summed E-state index contributed by atoms with van der Waals surface area (Å²) in [7, 11) is 0. The molecule has 1 aromatic rings.